The van der Waals surface area contributed by atoms with E-state index in [1.54, 1.807) is 24.3 Å². The van der Waals surface area contributed by atoms with Crippen LogP contribution in [0.15, 0.2) is 60.7 Å². The number of hydrogen-bond donors (Lipinski definition) is 0. The van der Waals surface area contributed by atoms with E-state index in [0.29, 0.717) is 17.9 Å². The zero-order valence-corrected chi connectivity index (χ0v) is 17.8. The number of fused-ring (bicyclic) bond motifs is 1. The van der Waals surface area contributed by atoms with Crippen LogP contribution in [-0.4, -0.2) is 6.61 Å². The standard InChI is InChI=1S/C28H15F5O/c1-2-34-21-9-5-17(6-10-21)3-4-19-14-24(29)23(25(30)15-19)12-8-18-7-11-22-20(13-18)16-26(31)28(33)27(22)32/h5-7,9-11,13-16H,2H2,1H3. The minimum Gasteiger partial charge on any atom is -0.494 e. The Labute approximate surface area is 192 Å². The van der Waals surface area contributed by atoms with Crippen molar-refractivity contribution in [1.29, 1.82) is 0 Å². The van der Waals surface area contributed by atoms with Crippen LogP contribution in [0.2, 0.25) is 0 Å². The molecule has 0 saturated carbocycles. The zero-order chi connectivity index (χ0) is 24.2. The molecule has 0 aliphatic heterocycles. The third-order valence-corrected chi connectivity index (χ3v) is 4.86. The molecule has 1 nitrogen and oxygen atoms in total. The van der Waals surface area contributed by atoms with Crippen molar-refractivity contribution < 1.29 is 26.7 Å². The number of hydrogen-bond acceptors (Lipinski definition) is 1. The van der Waals surface area contributed by atoms with E-state index in [0.717, 1.165) is 18.2 Å². The summed E-state index contributed by atoms with van der Waals surface area (Å²) in [5, 5.41) is -0.0543. The SMILES string of the molecule is CCOc1ccc(C#Cc2cc(F)c(C#Cc3ccc4c(F)c(F)c(F)cc4c3)c(F)c2)cc1. The predicted molar refractivity (Wildman–Crippen MR) is 120 cm³/mol. The summed E-state index contributed by atoms with van der Waals surface area (Å²) in [6.45, 7) is 2.41. The monoisotopic (exact) mass is 462 g/mol. The van der Waals surface area contributed by atoms with Crippen molar-refractivity contribution in [2.75, 3.05) is 6.61 Å². The molecular formula is C28H15F5O. The van der Waals surface area contributed by atoms with Crippen LogP contribution in [0.1, 0.15) is 29.2 Å². The molecule has 0 saturated heterocycles. The molecule has 0 aliphatic rings. The fourth-order valence-corrected chi connectivity index (χ4v) is 3.23. The third-order valence-electron chi connectivity index (χ3n) is 4.86. The van der Waals surface area contributed by atoms with Gasteiger partial charge in [-0.15, -0.1) is 0 Å². The van der Waals surface area contributed by atoms with Crippen LogP contribution in [0.4, 0.5) is 22.0 Å². The minimum atomic E-state index is -1.57. The normalized spacial score (nSPS) is 10.3. The van der Waals surface area contributed by atoms with Crippen molar-refractivity contribution in [1.82, 2.24) is 0 Å². The van der Waals surface area contributed by atoms with E-state index < -0.39 is 34.6 Å². The maximum atomic E-state index is 14.5. The van der Waals surface area contributed by atoms with Crippen LogP contribution in [-0.2, 0) is 0 Å². The second-order valence-corrected chi connectivity index (χ2v) is 7.19. The third kappa shape index (κ3) is 4.87. The summed E-state index contributed by atoms with van der Waals surface area (Å²) in [6, 6.07) is 13.8. The van der Waals surface area contributed by atoms with Gasteiger partial charge in [-0.05, 0) is 66.9 Å². The summed E-state index contributed by atoms with van der Waals surface area (Å²) in [5.41, 5.74) is 0.560. The van der Waals surface area contributed by atoms with Gasteiger partial charge in [0.25, 0.3) is 0 Å². The lowest BCUT2D eigenvalue weighted by atomic mass is 10.1. The molecule has 0 amide bonds. The van der Waals surface area contributed by atoms with Crippen molar-refractivity contribution in [2.45, 2.75) is 6.92 Å². The number of rotatable bonds is 2. The highest BCUT2D eigenvalue weighted by molar-refractivity contribution is 5.84. The van der Waals surface area contributed by atoms with Crippen molar-refractivity contribution in [2.24, 2.45) is 0 Å². The molecule has 0 aliphatic carbocycles. The van der Waals surface area contributed by atoms with E-state index >= 15 is 0 Å². The van der Waals surface area contributed by atoms with Gasteiger partial charge in [0.05, 0.1) is 12.2 Å². The maximum absolute atomic E-state index is 14.5. The summed E-state index contributed by atoms with van der Waals surface area (Å²) in [7, 11) is 0. The fraction of sp³-hybridized carbons (Fsp3) is 0.0714. The highest BCUT2D eigenvalue weighted by Gasteiger charge is 2.13. The van der Waals surface area contributed by atoms with E-state index in [1.165, 1.54) is 18.2 Å². The molecule has 0 atom stereocenters. The molecule has 34 heavy (non-hydrogen) atoms. The molecule has 0 aromatic heterocycles. The zero-order valence-electron chi connectivity index (χ0n) is 17.8. The molecule has 0 N–H and O–H groups in total. The van der Waals surface area contributed by atoms with Crippen LogP contribution in [0.5, 0.6) is 5.75 Å². The Bertz CT molecular complexity index is 1490. The molecule has 0 bridgehead atoms. The molecular weight excluding hydrogens is 447 g/mol. The molecule has 0 radical (unpaired) electrons. The first kappa shape index (κ1) is 22.9. The van der Waals surface area contributed by atoms with Gasteiger partial charge in [0.2, 0.25) is 0 Å². The van der Waals surface area contributed by atoms with Gasteiger partial charge >= 0.3 is 0 Å². The molecule has 0 fully saturated rings. The predicted octanol–water partition coefficient (Wildman–Crippen LogP) is 6.73. The van der Waals surface area contributed by atoms with Crippen LogP contribution >= 0.6 is 0 Å². The Morgan fingerprint density at radius 1 is 0.618 bits per heavy atom. The van der Waals surface area contributed by atoms with Gasteiger partial charge in [-0.25, -0.2) is 22.0 Å². The van der Waals surface area contributed by atoms with Crippen molar-refractivity contribution in [3.8, 4) is 29.4 Å². The average molecular weight is 462 g/mol. The lowest BCUT2D eigenvalue weighted by molar-refractivity contribution is 0.340. The Balaban J connectivity index is 1.60. The van der Waals surface area contributed by atoms with Gasteiger partial charge < -0.3 is 4.74 Å². The average Bonchev–Trinajstić information content (AvgIpc) is 2.82. The van der Waals surface area contributed by atoms with Gasteiger partial charge in [0.1, 0.15) is 17.4 Å². The molecule has 0 heterocycles. The van der Waals surface area contributed by atoms with Crippen LogP contribution in [0, 0.1) is 52.8 Å². The van der Waals surface area contributed by atoms with Crippen molar-refractivity contribution >= 4 is 10.8 Å². The molecule has 0 unspecified atom stereocenters. The molecule has 4 aromatic carbocycles. The van der Waals surface area contributed by atoms with Crippen LogP contribution < -0.4 is 4.74 Å². The lowest BCUT2D eigenvalue weighted by Crippen LogP contribution is -1.93. The maximum Gasteiger partial charge on any atom is 0.195 e. The van der Waals surface area contributed by atoms with E-state index in [9.17, 15) is 22.0 Å². The molecule has 6 heteroatoms. The Morgan fingerprint density at radius 2 is 1.24 bits per heavy atom. The topological polar surface area (TPSA) is 9.23 Å². The smallest absolute Gasteiger partial charge is 0.195 e. The first-order valence-corrected chi connectivity index (χ1v) is 10.2. The largest absolute Gasteiger partial charge is 0.494 e. The first-order valence-electron chi connectivity index (χ1n) is 10.2. The summed E-state index contributed by atoms with van der Waals surface area (Å²) in [5.74, 6) is 5.18. The summed E-state index contributed by atoms with van der Waals surface area (Å²) >= 11 is 0. The number of benzene rings is 4. The quantitative estimate of drug-likeness (QED) is 0.182. The Kier molecular flexibility index (Phi) is 6.52. The first-order chi connectivity index (χ1) is 16.4. The second-order valence-electron chi connectivity index (χ2n) is 7.19. The highest BCUT2D eigenvalue weighted by Crippen LogP contribution is 2.24. The van der Waals surface area contributed by atoms with Gasteiger partial charge in [0.15, 0.2) is 17.5 Å². The molecule has 0 spiro atoms. The number of ether oxygens (including phenoxy) is 1. The van der Waals surface area contributed by atoms with E-state index in [4.69, 9.17) is 4.74 Å². The lowest BCUT2D eigenvalue weighted by Gasteiger charge is -2.03. The van der Waals surface area contributed by atoms with Crippen molar-refractivity contribution in [3.05, 3.63) is 112 Å². The summed E-state index contributed by atoms with van der Waals surface area (Å²) < 4.78 is 75.1. The van der Waals surface area contributed by atoms with Gasteiger partial charge in [-0.1, -0.05) is 29.7 Å². The fourth-order valence-electron chi connectivity index (χ4n) is 3.23. The summed E-state index contributed by atoms with van der Waals surface area (Å²) in [6.07, 6.45) is 0. The van der Waals surface area contributed by atoms with Gasteiger partial charge in [0, 0.05) is 22.1 Å². The van der Waals surface area contributed by atoms with E-state index in [2.05, 4.69) is 23.7 Å². The molecule has 4 rings (SSSR count). The Hall–Kier alpha value is -4.29. The van der Waals surface area contributed by atoms with Gasteiger partial charge in [-0.2, -0.15) is 0 Å². The Morgan fingerprint density at radius 3 is 1.91 bits per heavy atom. The van der Waals surface area contributed by atoms with Crippen LogP contribution in [0.25, 0.3) is 10.8 Å². The molecule has 4 aromatic rings. The highest BCUT2D eigenvalue weighted by atomic mass is 19.2. The molecule has 168 valence electrons. The van der Waals surface area contributed by atoms with Gasteiger partial charge in [-0.3, -0.25) is 0 Å². The van der Waals surface area contributed by atoms with Crippen LogP contribution in [0.3, 0.4) is 0 Å². The second kappa shape index (κ2) is 9.68. The number of halogens is 5. The minimum absolute atomic E-state index is 0.0732. The van der Waals surface area contributed by atoms with Crippen molar-refractivity contribution in [3.63, 3.8) is 0 Å². The summed E-state index contributed by atoms with van der Waals surface area (Å²) in [4.78, 5) is 0. The van der Waals surface area contributed by atoms with E-state index in [1.807, 2.05) is 6.92 Å². The van der Waals surface area contributed by atoms with E-state index in [-0.39, 0.29) is 21.9 Å².